The molecule has 1 unspecified atom stereocenters. The normalized spacial score (nSPS) is 14.4. The number of pyridine rings is 1. The van der Waals surface area contributed by atoms with Gasteiger partial charge in [0.05, 0.1) is 30.7 Å². The molecular weight excluding hydrogens is 621 g/mol. The number of nitrogens with one attached hydrogen (secondary N) is 2. The van der Waals surface area contributed by atoms with E-state index in [1.807, 2.05) is 30.3 Å². The fourth-order valence-electron chi connectivity index (χ4n) is 4.32. The number of ether oxygens (including phenoxy) is 2. The number of hydrogen-bond acceptors (Lipinski definition) is 8. The van der Waals surface area contributed by atoms with Gasteiger partial charge in [0.25, 0.3) is 0 Å². The fraction of sp³-hybridized carbons (Fsp3) is 0.214. The Bertz CT molecular complexity index is 1830. The minimum absolute atomic E-state index is 0.0517. The number of hydrogen-bond donors (Lipinski definition) is 2. The van der Waals surface area contributed by atoms with Gasteiger partial charge in [-0.25, -0.2) is 14.4 Å². The summed E-state index contributed by atoms with van der Waals surface area (Å²) in [7, 11) is 1.65. The van der Waals surface area contributed by atoms with Crippen molar-refractivity contribution in [2.45, 2.75) is 24.7 Å². The third kappa shape index (κ3) is 7.60. The summed E-state index contributed by atoms with van der Waals surface area (Å²) in [6.07, 6.45) is -6.13. The van der Waals surface area contributed by atoms with E-state index in [2.05, 4.69) is 15.0 Å². The summed E-state index contributed by atoms with van der Waals surface area (Å²) in [6, 6.07) is 12.9. The van der Waals surface area contributed by atoms with Gasteiger partial charge >= 0.3 is 12.4 Å². The second-order valence-electron chi connectivity index (χ2n) is 9.33. The summed E-state index contributed by atoms with van der Waals surface area (Å²) in [4.78, 5) is 33.0. The molecule has 3 aromatic heterocycles. The smallest absolute Gasteiger partial charge is 0.430 e. The Morgan fingerprint density at radius 2 is 1.64 bits per heavy atom. The van der Waals surface area contributed by atoms with Gasteiger partial charge < -0.3 is 39.2 Å². The Morgan fingerprint density at radius 3 is 2.27 bits per heavy atom. The van der Waals surface area contributed by atoms with Crippen molar-refractivity contribution in [1.82, 2.24) is 19.9 Å². The van der Waals surface area contributed by atoms with E-state index in [0.29, 0.717) is 17.7 Å². The van der Waals surface area contributed by atoms with Crippen molar-refractivity contribution >= 4 is 34.0 Å². The highest BCUT2D eigenvalue weighted by Crippen LogP contribution is 2.36. The monoisotopic (exact) mass is 640 g/mol. The first-order chi connectivity index (χ1) is 21.1. The molecule has 5 aromatic rings. The number of H-pyrrole nitrogens is 2. The number of methoxy groups -OCH3 is 1. The SMILES string of the molecule is COc1ccc2c(c1)CC(c1nc3cc(-c4ccnc5[nH]ccc45)c(F)cc3[nH]1)CO2.O=C([O-])C(F)(F)F.O=C([O-])C(F)(F)F. The number of carbonyl (C=O) groups excluding carboxylic acids is 2. The molecule has 1 atom stereocenters. The van der Waals surface area contributed by atoms with Crippen LogP contribution in [0.25, 0.3) is 33.2 Å². The molecule has 10 nitrogen and oxygen atoms in total. The number of imidazole rings is 1. The summed E-state index contributed by atoms with van der Waals surface area (Å²) >= 11 is 0. The van der Waals surface area contributed by atoms with Crippen LogP contribution in [-0.4, -0.2) is 57.9 Å². The van der Waals surface area contributed by atoms with E-state index < -0.39 is 24.3 Å². The minimum atomic E-state index is -5.19. The first-order valence-corrected chi connectivity index (χ1v) is 12.6. The molecule has 17 heteroatoms. The quantitative estimate of drug-likeness (QED) is 0.284. The highest BCUT2D eigenvalue weighted by molar-refractivity contribution is 5.95. The standard InChI is InChI=1S/C24H19FN4O2.2C2HF3O2/c1-30-15-2-3-22-13(9-15)8-14(12-31-22)23-28-20-10-18(19(25)11-21(20)29-23)16-4-6-26-24-17(16)5-7-27-24;2*3-2(4,5)1(6)7/h2-7,9-11,14H,8,12H2,1H3,(H,26,27)(H,28,29);2*(H,6,7)/p-2. The van der Waals surface area contributed by atoms with Crippen molar-refractivity contribution in [3.05, 3.63) is 72.1 Å². The summed E-state index contributed by atoms with van der Waals surface area (Å²) < 4.78 is 89.4. The number of nitrogens with zero attached hydrogens (tertiary/aromatic N) is 2. The second-order valence-corrected chi connectivity index (χ2v) is 9.33. The van der Waals surface area contributed by atoms with Crippen LogP contribution in [-0.2, 0) is 16.0 Å². The third-order valence-corrected chi connectivity index (χ3v) is 6.36. The maximum atomic E-state index is 15.1. The zero-order valence-electron chi connectivity index (χ0n) is 22.7. The number of aliphatic carboxylic acids is 2. The van der Waals surface area contributed by atoms with Crippen LogP contribution in [0.3, 0.4) is 0 Å². The van der Waals surface area contributed by atoms with Crippen LogP contribution < -0.4 is 19.7 Å². The molecule has 0 amide bonds. The maximum Gasteiger partial charge on any atom is 0.430 e. The lowest BCUT2D eigenvalue weighted by Crippen LogP contribution is -2.37. The van der Waals surface area contributed by atoms with Crippen molar-refractivity contribution in [3.63, 3.8) is 0 Å². The summed E-state index contributed by atoms with van der Waals surface area (Å²) in [5.41, 5.74) is 4.50. The van der Waals surface area contributed by atoms with Gasteiger partial charge in [-0.2, -0.15) is 26.3 Å². The van der Waals surface area contributed by atoms with Crippen molar-refractivity contribution < 1.29 is 60.0 Å². The predicted octanol–water partition coefficient (Wildman–Crippen LogP) is 3.57. The number of fused-ring (bicyclic) bond motifs is 3. The van der Waals surface area contributed by atoms with E-state index in [0.717, 1.165) is 51.4 Å². The summed E-state index contributed by atoms with van der Waals surface area (Å²) in [5, 5.41) is 18.4. The average Bonchev–Trinajstić information content (AvgIpc) is 3.63. The van der Waals surface area contributed by atoms with Gasteiger partial charge in [-0.05, 0) is 53.9 Å². The maximum absolute atomic E-state index is 15.1. The molecule has 1 aliphatic heterocycles. The number of alkyl halides is 6. The number of aromatic amines is 2. The molecule has 6 rings (SSSR count). The lowest BCUT2D eigenvalue weighted by Gasteiger charge is -2.24. The number of carboxylic acid groups (broad SMARTS) is 2. The van der Waals surface area contributed by atoms with Crippen molar-refractivity contribution in [2.24, 2.45) is 0 Å². The predicted molar refractivity (Wildman–Crippen MR) is 138 cm³/mol. The van der Waals surface area contributed by atoms with Crippen molar-refractivity contribution in [2.75, 3.05) is 13.7 Å². The number of halogens is 7. The molecule has 0 saturated carbocycles. The van der Waals surface area contributed by atoms with Gasteiger partial charge in [-0.1, -0.05) is 0 Å². The van der Waals surface area contributed by atoms with Crippen molar-refractivity contribution in [3.8, 4) is 22.6 Å². The Balaban J connectivity index is 0.000000277. The van der Waals surface area contributed by atoms with E-state index in [9.17, 15) is 26.3 Å². The minimum Gasteiger partial charge on any atom is -0.542 e. The van der Waals surface area contributed by atoms with E-state index in [1.165, 1.54) is 6.07 Å². The number of carbonyl (C=O) groups is 2. The molecule has 4 heterocycles. The van der Waals surface area contributed by atoms with Gasteiger partial charge in [-0.3, -0.25) is 0 Å². The van der Waals surface area contributed by atoms with Gasteiger partial charge in [0, 0.05) is 29.4 Å². The van der Waals surface area contributed by atoms with Gasteiger partial charge in [0.15, 0.2) is 0 Å². The molecule has 0 aliphatic carbocycles. The van der Waals surface area contributed by atoms with E-state index >= 15 is 4.39 Å². The lowest BCUT2D eigenvalue weighted by molar-refractivity contribution is -0.344. The Hall–Kier alpha value is -5.35. The molecule has 45 heavy (non-hydrogen) atoms. The Labute approximate surface area is 247 Å². The second kappa shape index (κ2) is 12.7. The van der Waals surface area contributed by atoms with Gasteiger partial charge in [0.1, 0.15) is 40.7 Å². The zero-order chi connectivity index (χ0) is 33.1. The van der Waals surface area contributed by atoms with Gasteiger partial charge in [-0.15, -0.1) is 0 Å². The molecule has 0 fully saturated rings. The van der Waals surface area contributed by atoms with E-state index in [1.54, 1.807) is 25.6 Å². The molecule has 2 aromatic carbocycles. The largest absolute Gasteiger partial charge is 0.542 e. The summed E-state index contributed by atoms with van der Waals surface area (Å²) in [5.74, 6) is -3.80. The van der Waals surface area contributed by atoms with Crippen molar-refractivity contribution in [1.29, 1.82) is 0 Å². The molecule has 1 aliphatic rings. The highest BCUT2D eigenvalue weighted by Gasteiger charge is 2.29. The fourth-order valence-corrected chi connectivity index (χ4v) is 4.32. The zero-order valence-corrected chi connectivity index (χ0v) is 22.7. The number of benzene rings is 2. The number of rotatable bonds is 3. The van der Waals surface area contributed by atoms with Crippen LogP contribution in [0.5, 0.6) is 11.5 Å². The van der Waals surface area contributed by atoms with Gasteiger partial charge in [0.2, 0.25) is 0 Å². The highest BCUT2D eigenvalue weighted by atomic mass is 19.4. The molecular formula is C28H19F7N4O6-2. The van der Waals surface area contributed by atoms with Crippen LogP contribution in [0.4, 0.5) is 30.7 Å². The van der Waals surface area contributed by atoms with Crippen LogP contribution >= 0.6 is 0 Å². The Kier molecular flexibility index (Phi) is 9.20. The Morgan fingerprint density at radius 1 is 0.978 bits per heavy atom. The topological polar surface area (TPSA) is 156 Å². The molecule has 238 valence electrons. The lowest BCUT2D eigenvalue weighted by atomic mass is 9.96. The molecule has 0 saturated heterocycles. The molecule has 0 spiro atoms. The first kappa shape index (κ1) is 32.6. The first-order valence-electron chi connectivity index (χ1n) is 12.6. The van der Waals surface area contributed by atoms with Crippen LogP contribution in [0.2, 0.25) is 0 Å². The van der Waals surface area contributed by atoms with Crippen LogP contribution in [0, 0.1) is 5.82 Å². The number of aromatic nitrogens is 4. The third-order valence-electron chi connectivity index (χ3n) is 6.36. The van der Waals surface area contributed by atoms with Crippen LogP contribution in [0.1, 0.15) is 17.3 Å². The molecule has 0 bridgehead atoms. The van der Waals surface area contributed by atoms with E-state index in [4.69, 9.17) is 34.3 Å². The van der Waals surface area contributed by atoms with E-state index in [-0.39, 0.29) is 11.7 Å². The average molecular weight is 640 g/mol. The number of carboxylic acids is 2. The summed E-state index contributed by atoms with van der Waals surface area (Å²) in [6.45, 7) is 0.517. The van der Waals surface area contributed by atoms with Crippen LogP contribution in [0.15, 0.2) is 54.9 Å². The molecule has 2 N–H and O–H groups in total. The molecule has 0 radical (unpaired) electrons.